The lowest BCUT2D eigenvalue weighted by atomic mass is 10.1. The molecule has 0 amide bonds. The van der Waals surface area contributed by atoms with E-state index in [-0.39, 0.29) is 0 Å². The second kappa shape index (κ2) is 7.22. The number of hydrogen-bond acceptors (Lipinski definition) is 3. The highest BCUT2D eigenvalue weighted by molar-refractivity contribution is 5.85. The molecule has 1 fully saturated rings. The molecule has 4 nitrogen and oxygen atoms in total. The molecule has 1 saturated heterocycles. The van der Waals surface area contributed by atoms with Crippen molar-refractivity contribution in [2.24, 2.45) is 5.92 Å². The third kappa shape index (κ3) is 4.47. The van der Waals surface area contributed by atoms with Crippen LogP contribution in [0, 0.1) is 5.92 Å². The van der Waals surface area contributed by atoms with Gasteiger partial charge in [-0.25, -0.2) is 4.79 Å². The van der Waals surface area contributed by atoms with Crippen LogP contribution in [0.2, 0.25) is 0 Å². The topological polar surface area (TPSA) is 49.8 Å². The number of aliphatic carboxylic acids is 1. The first-order valence-corrected chi connectivity index (χ1v) is 6.88. The van der Waals surface area contributed by atoms with E-state index in [1.807, 2.05) is 18.2 Å². The van der Waals surface area contributed by atoms with E-state index < -0.39 is 5.97 Å². The lowest BCUT2D eigenvalue weighted by Crippen LogP contribution is -2.21. The summed E-state index contributed by atoms with van der Waals surface area (Å²) >= 11 is 0. The van der Waals surface area contributed by atoms with Gasteiger partial charge in [0, 0.05) is 26.3 Å². The quantitative estimate of drug-likeness (QED) is 0.809. The maximum absolute atomic E-state index is 10.5. The number of methoxy groups -OCH3 is 1. The smallest absolute Gasteiger partial charge is 0.328 e. The van der Waals surface area contributed by atoms with Gasteiger partial charge in [-0.15, -0.1) is 0 Å². The van der Waals surface area contributed by atoms with Crippen LogP contribution in [0.1, 0.15) is 17.5 Å². The summed E-state index contributed by atoms with van der Waals surface area (Å²) in [6.07, 6.45) is 3.99. The van der Waals surface area contributed by atoms with Crippen molar-refractivity contribution in [1.82, 2.24) is 4.90 Å². The Labute approximate surface area is 119 Å². The van der Waals surface area contributed by atoms with Crippen molar-refractivity contribution in [3.05, 3.63) is 41.5 Å². The second-order valence-electron chi connectivity index (χ2n) is 5.26. The molecular formula is C16H21NO3. The maximum Gasteiger partial charge on any atom is 0.328 e. The van der Waals surface area contributed by atoms with E-state index in [1.54, 1.807) is 13.2 Å². The number of hydrogen-bond donors (Lipinski definition) is 1. The van der Waals surface area contributed by atoms with Crippen LogP contribution < -0.4 is 0 Å². The number of nitrogens with zero attached hydrogens (tertiary/aromatic N) is 1. The highest BCUT2D eigenvalue weighted by Crippen LogP contribution is 2.19. The number of likely N-dealkylation sites (tertiary alicyclic amines) is 1. The van der Waals surface area contributed by atoms with E-state index in [1.165, 1.54) is 18.1 Å². The zero-order valence-electron chi connectivity index (χ0n) is 11.8. The Morgan fingerprint density at radius 2 is 2.40 bits per heavy atom. The molecule has 1 aliphatic rings. The largest absolute Gasteiger partial charge is 0.478 e. The Morgan fingerprint density at radius 1 is 1.55 bits per heavy atom. The van der Waals surface area contributed by atoms with Gasteiger partial charge in [0.15, 0.2) is 0 Å². The van der Waals surface area contributed by atoms with Crippen molar-refractivity contribution in [2.45, 2.75) is 13.0 Å². The molecule has 20 heavy (non-hydrogen) atoms. The lowest BCUT2D eigenvalue weighted by molar-refractivity contribution is -0.131. The van der Waals surface area contributed by atoms with Crippen LogP contribution in [0.4, 0.5) is 0 Å². The number of ether oxygens (including phenoxy) is 1. The van der Waals surface area contributed by atoms with Gasteiger partial charge in [0.05, 0.1) is 6.61 Å². The molecule has 1 aromatic rings. The van der Waals surface area contributed by atoms with E-state index in [4.69, 9.17) is 9.84 Å². The lowest BCUT2D eigenvalue weighted by Gasteiger charge is -2.16. The minimum absolute atomic E-state index is 0.634. The molecule has 1 atom stereocenters. The van der Waals surface area contributed by atoms with Crippen LogP contribution in [0.25, 0.3) is 6.08 Å². The molecule has 1 aliphatic heterocycles. The first-order valence-electron chi connectivity index (χ1n) is 6.88. The summed E-state index contributed by atoms with van der Waals surface area (Å²) in [5.41, 5.74) is 2.15. The minimum Gasteiger partial charge on any atom is -0.478 e. The van der Waals surface area contributed by atoms with Gasteiger partial charge >= 0.3 is 5.97 Å². The van der Waals surface area contributed by atoms with E-state index in [9.17, 15) is 4.79 Å². The molecule has 108 valence electrons. The molecule has 1 unspecified atom stereocenters. The molecule has 0 radical (unpaired) electrons. The standard InChI is InChI=1S/C16H21NO3/c1-20-12-15-7-8-17(11-15)10-14-4-2-3-13(9-14)5-6-16(18)19/h2-6,9,15H,7-8,10-12H2,1H3,(H,18,19). The van der Waals surface area contributed by atoms with Gasteiger partial charge in [0.1, 0.15) is 0 Å². The van der Waals surface area contributed by atoms with Crippen molar-refractivity contribution in [3.63, 3.8) is 0 Å². The fourth-order valence-corrected chi connectivity index (χ4v) is 2.65. The number of carboxylic acid groups (broad SMARTS) is 1. The number of rotatable bonds is 6. The van der Waals surface area contributed by atoms with Gasteiger partial charge in [-0.3, -0.25) is 4.90 Å². The minimum atomic E-state index is -0.919. The van der Waals surface area contributed by atoms with Gasteiger partial charge in [0.25, 0.3) is 0 Å². The van der Waals surface area contributed by atoms with Crippen LogP contribution in [0.5, 0.6) is 0 Å². The monoisotopic (exact) mass is 275 g/mol. The molecule has 0 spiro atoms. The van der Waals surface area contributed by atoms with Gasteiger partial charge in [0.2, 0.25) is 0 Å². The summed E-state index contributed by atoms with van der Waals surface area (Å²) in [7, 11) is 1.75. The SMILES string of the molecule is COCC1CCN(Cc2cccc(C=CC(=O)O)c2)C1. The maximum atomic E-state index is 10.5. The Kier molecular flexibility index (Phi) is 5.32. The molecular weight excluding hydrogens is 254 g/mol. The Bertz CT molecular complexity index is 484. The number of carboxylic acids is 1. The van der Waals surface area contributed by atoms with E-state index >= 15 is 0 Å². The third-order valence-corrected chi connectivity index (χ3v) is 3.55. The normalized spacial score (nSPS) is 19.8. The van der Waals surface area contributed by atoms with Crippen molar-refractivity contribution in [3.8, 4) is 0 Å². The summed E-state index contributed by atoms with van der Waals surface area (Å²) in [4.78, 5) is 12.9. The number of benzene rings is 1. The first-order chi connectivity index (χ1) is 9.67. The fourth-order valence-electron chi connectivity index (χ4n) is 2.65. The Balaban J connectivity index is 1.93. The van der Waals surface area contributed by atoms with Crippen LogP contribution in [0.15, 0.2) is 30.3 Å². The average molecular weight is 275 g/mol. The number of carbonyl (C=O) groups is 1. The van der Waals surface area contributed by atoms with Crippen molar-refractivity contribution < 1.29 is 14.6 Å². The van der Waals surface area contributed by atoms with Gasteiger partial charge in [-0.1, -0.05) is 24.3 Å². The third-order valence-electron chi connectivity index (χ3n) is 3.55. The Hall–Kier alpha value is -1.65. The summed E-state index contributed by atoms with van der Waals surface area (Å²) < 4.78 is 5.21. The molecule has 0 aliphatic carbocycles. The second-order valence-corrected chi connectivity index (χ2v) is 5.26. The van der Waals surface area contributed by atoms with Crippen molar-refractivity contribution >= 4 is 12.0 Å². The van der Waals surface area contributed by atoms with Crippen molar-refractivity contribution in [2.75, 3.05) is 26.8 Å². The molecule has 4 heteroatoms. The van der Waals surface area contributed by atoms with E-state index in [2.05, 4.69) is 11.0 Å². The van der Waals surface area contributed by atoms with Crippen LogP contribution in [-0.4, -0.2) is 42.8 Å². The fraction of sp³-hybridized carbons (Fsp3) is 0.438. The summed E-state index contributed by atoms with van der Waals surface area (Å²) in [5, 5.41) is 8.65. The van der Waals surface area contributed by atoms with E-state index in [0.717, 1.165) is 31.8 Å². The molecule has 0 bridgehead atoms. The predicted octanol–water partition coefficient (Wildman–Crippen LogP) is 2.25. The summed E-state index contributed by atoms with van der Waals surface area (Å²) in [6.45, 7) is 3.92. The van der Waals surface area contributed by atoms with Crippen LogP contribution >= 0.6 is 0 Å². The average Bonchev–Trinajstić information content (AvgIpc) is 2.85. The van der Waals surface area contributed by atoms with Crippen molar-refractivity contribution in [1.29, 1.82) is 0 Å². The molecule has 1 aromatic carbocycles. The summed E-state index contributed by atoms with van der Waals surface area (Å²) in [6, 6.07) is 8.02. The predicted molar refractivity (Wildman–Crippen MR) is 78.4 cm³/mol. The highest BCUT2D eigenvalue weighted by Gasteiger charge is 2.22. The molecule has 0 saturated carbocycles. The molecule has 1 N–H and O–H groups in total. The Morgan fingerprint density at radius 3 is 3.15 bits per heavy atom. The van der Waals surface area contributed by atoms with Gasteiger partial charge in [-0.05, 0) is 36.1 Å². The first kappa shape index (κ1) is 14.8. The molecule has 1 heterocycles. The molecule has 0 aromatic heterocycles. The van der Waals surface area contributed by atoms with Crippen LogP contribution in [0.3, 0.4) is 0 Å². The van der Waals surface area contributed by atoms with Crippen LogP contribution in [-0.2, 0) is 16.1 Å². The van der Waals surface area contributed by atoms with Gasteiger partial charge in [-0.2, -0.15) is 0 Å². The zero-order chi connectivity index (χ0) is 14.4. The summed E-state index contributed by atoms with van der Waals surface area (Å²) in [5.74, 6) is -0.285. The van der Waals surface area contributed by atoms with E-state index in [0.29, 0.717) is 5.92 Å². The molecule has 2 rings (SSSR count). The highest BCUT2D eigenvalue weighted by atomic mass is 16.5. The van der Waals surface area contributed by atoms with Gasteiger partial charge < -0.3 is 9.84 Å². The zero-order valence-corrected chi connectivity index (χ0v) is 11.8.